The lowest BCUT2D eigenvalue weighted by molar-refractivity contribution is 0.102. The molecule has 0 saturated heterocycles. The highest BCUT2D eigenvalue weighted by atomic mass is 32.1. The zero-order valence-corrected chi connectivity index (χ0v) is 13.1. The third kappa shape index (κ3) is 3.45. The van der Waals surface area contributed by atoms with E-state index in [4.69, 9.17) is 4.74 Å². The van der Waals surface area contributed by atoms with Gasteiger partial charge in [-0.1, -0.05) is 17.7 Å². The Hall–Kier alpha value is -1.68. The Kier molecular flexibility index (Phi) is 4.55. The molecule has 3 nitrogen and oxygen atoms in total. The van der Waals surface area contributed by atoms with Gasteiger partial charge in [-0.2, -0.15) is 0 Å². The van der Waals surface area contributed by atoms with Gasteiger partial charge in [-0.3, -0.25) is 4.79 Å². The first kappa shape index (κ1) is 14.7. The van der Waals surface area contributed by atoms with Gasteiger partial charge in [0.1, 0.15) is 5.75 Å². The van der Waals surface area contributed by atoms with E-state index >= 15 is 0 Å². The van der Waals surface area contributed by atoms with Crippen molar-refractivity contribution in [2.24, 2.45) is 0 Å². The van der Waals surface area contributed by atoms with Crippen LogP contribution in [0.25, 0.3) is 0 Å². The summed E-state index contributed by atoms with van der Waals surface area (Å²) in [6, 6.07) is 6.15. The zero-order valence-electron chi connectivity index (χ0n) is 12.3. The van der Waals surface area contributed by atoms with Gasteiger partial charge in [0.25, 0.3) is 0 Å². The van der Waals surface area contributed by atoms with E-state index in [1.807, 2.05) is 26.0 Å². The van der Waals surface area contributed by atoms with Crippen LogP contribution in [0.4, 0.5) is 0 Å². The Morgan fingerprint density at radius 1 is 1.30 bits per heavy atom. The van der Waals surface area contributed by atoms with Crippen LogP contribution in [-0.4, -0.2) is 17.4 Å². The van der Waals surface area contributed by atoms with E-state index in [1.54, 1.807) is 6.92 Å². The number of aryl methyl sites for hydroxylation is 3. The number of carbonyl (C=O) groups is 1. The molecule has 0 radical (unpaired) electrons. The molecule has 0 aliphatic carbocycles. The van der Waals surface area contributed by atoms with Crippen molar-refractivity contribution < 1.29 is 9.53 Å². The van der Waals surface area contributed by atoms with Gasteiger partial charge in [-0.15, -0.1) is 11.3 Å². The number of benzene rings is 1. The lowest BCUT2D eigenvalue weighted by Crippen LogP contribution is -2.02. The lowest BCUT2D eigenvalue weighted by atomic mass is 10.1. The van der Waals surface area contributed by atoms with Gasteiger partial charge in [0.05, 0.1) is 22.2 Å². The second-order valence-electron chi connectivity index (χ2n) is 4.95. The minimum atomic E-state index is 0.0848. The van der Waals surface area contributed by atoms with E-state index in [1.165, 1.54) is 16.9 Å². The number of aromatic nitrogens is 1. The molecule has 0 unspecified atom stereocenters. The van der Waals surface area contributed by atoms with Crippen LogP contribution in [0.1, 0.15) is 38.4 Å². The SMILES string of the molecule is CC(=O)c1sc(CCOc2ccc(C)cc2C)nc1C. The summed E-state index contributed by atoms with van der Waals surface area (Å²) < 4.78 is 5.79. The molecule has 0 spiro atoms. The second kappa shape index (κ2) is 6.18. The molecule has 0 aliphatic heterocycles. The van der Waals surface area contributed by atoms with E-state index in [9.17, 15) is 4.79 Å². The fraction of sp³-hybridized carbons (Fsp3) is 0.375. The number of Topliss-reactive ketones (excluding diaryl/α,β-unsaturated/α-hetero) is 1. The highest BCUT2D eigenvalue weighted by Gasteiger charge is 2.11. The van der Waals surface area contributed by atoms with Crippen molar-refractivity contribution in [1.82, 2.24) is 4.98 Å². The molecule has 1 aromatic carbocycles. The molecule has 2 rings (SSSR count). The van der Waals surface area contributed by atoms with E-state index in [0.29, 0.717) is 6.61 Å². The smallest absolute Gasteiger partial charge is 0.171 e. The van der Waals surface area contributed by atoms with E-state index in [0.717, 1.165) is 33.3 Å². The fourth-order valence-electron chi connectivity index (χ4n) is 2.10. The Morgan fingerprint density at radius 2 is 2.05 bits per heavy atom. The predicted octanol–water partition coefficient (Wildman–Crippen LogP) is 3.89. The van der Waals surface area contributed by atoms with Crippen LogP contribution in [-0.2, 0) is 6.42 Å². The van der Waals surface area contributed by atoms with Gasteiger partial charge in [-0.05, 0) is 32.4 Å². The Bertz CT molecular complexity index is 631. The van der Waals surface area contributed by atoms with Crippen molar-refractivity contribution in [3.05, 3.63) is 44.9 Å². The van der Waals surface area contributed by atoms with Crippen molar-refractivity contribution in [2.75, 3.05) is 6.61 Å². The van der Waals surface area contributed by atoms with Crippen LogP contribution in [0.5, 0.6) is 5.75 Å². The maximum absolute atomic E-state index is 11.4. The summed E-state index contributed by atoms with van der Waals surface area (Å²) in [4.78, 5) is 16.6. The summed E-state index contributed by atoms with van der Waals surface area (Å²) in [6.45, 7) is 8.15. The molecule has 20 heavy (non-hydrogen) atoms. The van der Waals surface area contributed by atoms with Gasteiger partial charge in [0.2, 0.25) is 0 Å². The van der Waals surface area contributed by atoms with Gasteiger partial charge < -0.3 is 4.74 Å². The maximum atomic E-state index is 11.4. The molecule has 0 N–H and O–H groups in total. The van der Waals surface area contributed by atoms with Crippen LogP contribution < -0.4 is 4.74 Å². The number of hydrogen-bond acceptors (Lipinski definition) is 4. The van der Waals surface area contributed by atoms with Crippen LogP contribution in [0.15, 0.2) is 18.2 Å². The quantitative estimate of drug-likeness (QED) is 0.784. The van der Waals surface area contributed by atoms with Crippen LogP contribution in [0, 0.1) is 20.8 Å². The van der Waals surface area contributed by atoms with Crippen molar-refractivity contribution in [2.45, 2.75) is 34.1 Å². The number of carbonyl (C=O) groups excluding carboxylic acids is 1. The highest BCUT2D eigenvalue weighted by Crippen LogP contribution is 2.21. The van der Waals surface area contributed by atoms with Crippen molar-refractivity contribution in [3.63, 3.8) is 0 Å². The van der Waals surface area contributed by atoms with Crippen molar-refractivity contribution >= 4 is 17.1 Å². The molecule has 0 saturated carbocycles. The van der Waals surface area contributed by atoms with Gasteiger partial charge in [-0.25, -0.2) is 4.98 Å². The Labute approximate surface area is 123 Å². The molecule has 0 atom stereocenters. The van der Waals surface area contributed by atoms with Crippen LogP contribution in [0.3, 0.4) is 0 Å². The number of ether oxygens (including phenoxy) is 1. The summed E-state index contributed by atoms with van der Waals surface area (Å²) in [7, 11) is 0. The average Bonchev–Trinajstić information content (AvgIpc) is 2.73. The number of ketones is 1. The number of rotatable bonds is 5. The number of hydrogen-bond donors (Lipinski definition) is 0. The second-order valence-corrected chi connectivity index (χ2v) is 6.03. The third-order valence-electron chi connectivity index (χ3n) is 3.06. The topological polar surface area (TPSA) is 39.2 Å². The molecule has 1 heterocycles. The first-order valence-corrected chi connectivity index (χ1v) is 7.46. The van der Waals surface area contributed by atoms with E-state index < -0.39 is 0 Å². The van der Waals surface area contributed by atoms with Gasteiger partial charge in [0, 0.05) is 13.3 Å². The summed E-state index contributed by atoms with van der Waals surface area (Å²) in [6.07, 6.45) is 0.728. The highest BCUT2D eigenvalue weighted by molar-refractivity contribution is 7.13. The monoisotopic (exact) mass is 289 g/mol. The van der Waals surface area contributed by atoms with E-state index in [-0.39, 0.29) is 5.78 Å². The minimum Gasteiger partial charge on any atom is -0.493 e. The lowest BCUT2D eigenvalue weighted by Gasteiger charge is -2.08. The molecule has 1 aromatic heterocycles. The first-order valence-electron chi connectivity index (χ1n) is 6.64. The molecule has 0 aliphatic rings. The molecule has 0 amide bonds. The molecular formula is C16H19NO2S. The molecule has 2 aromatic rings. The van der Waals surface area contributed by atoms with E-state index in [2.05, 4.69) is 18.0 Å². The minimum absolute atomic E-state index is 0.0848. The largest absolute Gasteiger partial charge is 0.493 e. The Morgan fingerprint density at radius 3 is 2.65 bits per heavy atom. The summed E-state index contributed by atoms with van der Waals surface area (Å²) in [5, 5.41) is 0.956. The fourth-order valence-corrected chi connectivity index (χ4v) is 3.04. The van der Waals surface area contributed by atoms with Crippen molar-refractivity contribution in [3.8, 4) is 5.75 Å². The van der Waals surface area contributed by atoms with Crippen LogP contribution >= 0.6 is 11.3 Å². The maximum Gasteiger partial charge on any atom is 0.171 e. The first-order chi connectivity index (χ1) is 9.47. The third-order valence-corrected chi connectivity index (χ3v) is 4.38. The molecule has 106 valence electrons. The predicted molar refractivity (Wildman–Crippen MR) is 82.0 cm³/mol. The normalized spacial score (nSPS) is 10.6. The summed E-state index contributed by atoms with van der Waals surface area (Å²) >= 11 is 1.47. The zero-order chi connectivity index (χ0) is 14.7. The summed E-state index contributed by atoms with van der Waals surface area (Å²) in [5.74, 6) is 0.997. The van der Waals surface area contributed by atoms with Crippen LogP contribution in [0.2, 0.25) is 0 Å². The number of nitrogens with zero attached hydrogens (tertiary/aromatic N) is 1. The van der Waals surface area contributed by atoms with Gasteiger partial charge >= 0.3 is 0 Å². The molecule has 0 bridgehead atoms. The Balaban J connectivity index is 1.96. The number of thiazole rings is 1. The molecular weight excluding hydrogens is 270 g/mol. The summed E-state index contributed by atoms with van der Waals surface area (Å²) in [5.41, 5.74) is 3.20. The molecule has 0 fully saturated rings. The standard InChI is InChI=1S/C16H19NO2S/c1-10-5-6-14(11(2)9-10)19-8-7-15-17-12(3)16(20-15)13(4)18/h5-6,9H,7-8H2,1-4H3. The van der Waals surface area contributed by atoms with Gasteiger partial charge in [0.15, 0.2) is 5.78 Å². The van der Waals surface area contributed by atoms with Crippen molar-refractivity contribution in [1.29, 1.82) is 0 Å². The molecule has 4 heteroatoms. The average molecular weight is 289 g/mol.